The molecular formula is C30H49B2NO8. The van der Waals surface area contributed by atoms with Gasteiger partial charge in [0.1, 0.15) is 17.2 Å². The largest absolute Gasteiger partial charge is 0.495 e. The summed E-state index contributed by atoms with van der Waals surface area (Å²) >= 11 is 0. The molecule has 41 heavy (non-hydrogen) atoms. The van der Waals surface area contributed by atoms with Gasteiger partial charge >= 0.3 is 26.3 Å². The highest BCUT2D eigenvalue weighted by Crippen LogP contribution is 2.38. The summed E-state index contributed by atoms with van der Waals surface area (Å²) in [4.78, 5) is 26.1. The van der Waals surface area contributed by atoms with Crippen LogP contribution in [0.1, 0.15) is 102 Å². The third-order valence-corrected chi connectivity index (χ3v) is 8.01. The SMILES string of the molecule is CC(C)(C)OC(=O)N[C@@H](Cc1ccc(B2OC(C)(C)C(C)(C)O2)cc1B1OC(C)(C)C(C)(C)O1)C(=O)OC(C)(C)C. The van der Waals surface area contributed by atoms with E-state index in [0.29, 0.717) is 0 Å². The zero-order valence-corrected chi connectivity index (χ0v) is 27.4. The highest BCUT2D eigenvalue weighted by molar-refractivity contribution is 6.66. The van der Waals surface area contributed by atoms with E-state index in [-0.39, 0.29) is 6.42 Å². The van der Waals surface area contributed by atoms with Gasteiger partial charge in [-0.2, -0.15) is 0 Å². The van der Waals surface area contributed by atoms with Gasteiger partial charge in [0.25, 0.3) is 0 Å². The van der Waals surface area contributed by atoms with Gasteiger partial charge in [0, 0.05) is 6.42 Å². The Morgan fingerprint density at radius 1 is 0.756 bits per heavy atom. The lowest BCUT2D eigenvalue weighted by Crippen LogP contribution is -2.49. The Kier molecular flexibility index (Phi) is 8.88. The van der Waals surface area contributed by atoms with Crippen LogP contribution < -0.4 is 16.2 Å². The van der Waals surface area contributed by atoms with Crippen LogP contribution in [0, 0.1) is 0 Å². The predicted octanol–water partition coefficient (Wildman–Crippen LogP) is 4.06. The normalized spacial score (nSPS) is 21.9. The Labute approximate surface area is 247 Å². The van der Waals surface area contributed by atoms with Gasteiger partial charge in [0.05, 0.1) is 22.4 Å². The molecule has 0 bridgehead atoms. The van der Waals surface area contributed by atoms with Gasteiger partial charge < -0.3 is 33.4 Å². The van der Waals surface area contributed by atoms with Crippen LogP contribution in [0.2, 0.25) is 0 Å². The van der Waals surface area contributed by atoms with E-state index in [2.05, 4.69) is 5.32 Å². The van der Waals surface area contributed by atoms with Gasteiger partial charge in [-0.25, -0.2) is 9.59 Å². The van der Waals surface area contributed by atoms with Gasteiger partial charge in [0.2, 0.25) is 0 Å². The minimum atomic E-state index is -1.02. The van der Waals surface area contributed by atoms with E-state index in [1.807, 2.05) is 73.6 Å². The molecule has 2 aliphatic rings. The first-order chi connectivity index (χ1) is 18.3. The van der Waals surface area contributed by atoms with Crippen LogP contribution in [0.3, 0.4) is 0 Å². The summed E-state index contributed by atoms with van der Waals surface area (Å²) in [5.74, 6) is -0.571. The standard InChI is InChI=1S/C30H49B2NO8/c1-25(2,3)36-23(34)22(33-24(35)37-26(4,5)6)17-19-15-16-20(31-38-27(7,8)28(9,10)39-31)18-21(19)32-40-29(11,12)30(13,14)41-32/h15-16,18,22H,17H2,1-14H3,(H,33,35)/t22-/m0/s1. The van der Waals surface area contributed by atoms with Crippen LogP contribution in [0.4, 0.5) is 4.79 Å². The second-order valence-corrected chi connectivity index (χ2v) is 15.1. The first kappa shape index (κ1) is 33.4. The summed E-state index contributed by atoms with van der Waals surface area (Å²) in [5, 5.41) is 2.72. The number of alkyl carbamates (subject to hydrolysis) is 1. The zero-order chi connectivity index (χ0) is 31.4. The number of ether oxygens (including phenoxy) is 2. The summed E-state index contributed by atoms with van der Waals surface area (Å²) < 4.78 is 36.6. The number of carbonyl (C=O) groups excluding carboxylic acids is 2. The van der Waals surface area contributed by atoms with E-state index in [1.54, 1.807) is 41.5 Å². The van der Waals surface area contributed by atoms with Crippen molar-refractivity contribution in [1.82, 2.24) is 5.32 Å². The first-order valence-electron chi connectivity index (χ1n) is 14.4. The molecule has 1 aromatic rings. The number of hydrogen-bond acceptors (Lipinski definition) is 8. The molecule has 1 atom stereocenters. The Balaban J connectivity index is 2.03. The molecule has 0 aliphatic carbocycles. The first-order valence-corrected chi connectivity index (χ1v) is 14.4. The van der Waals surface area contributed by atoms with Crippen molar-refractivity contribution in [1.29, 1.82) is 0 Å². The number of hydrogen-bond donors (Lipinski definition) is 1. The van der Waals surface area contributed by atoms with Crippen LogP contribution in [-0.4, -0.2) is 65.9 Å². The molecule has 9 nitrogen and oxygen atoms in total. The molecule has 0 radical (unpaired) electrons. The van der Waals surface area contributed by atoms with E-state index in [9.17, 15) is 9.59 Å². The highest BCUT2D eigenvalue weighted by atomic mass is 16.7. The Morgan fingerprint density at radius 3 is 1.63 bits per heavy atom. The molecular weight excluding hydrogens is 524 g/mol. The maximum Gasteiger partial charge on any atom is 0.495 e. The monoisotopic (exact) mass is 573 g/mol. The number of benzene rings is 1. The van der Waals surface area contributed by atoms with Crippen molar-refractivity contribution in [3.05, 3.63) is 23.8 Å². The van der Waals surface area contributed by atoms with E-state index in [1.165, 1.54) is 0 Å². The lowest BCUT2D eigenvalue weighted by molar-refractivity contribution is -0.157. The molecule has 2 aliphatic heterocycles. The van der Waals surface area contributed by atoms with Crippen molar-refractivity contribution in [2.24, 2.45) is 0 Å². The number of esters is 1. The molecule has 3 rings (SSSR count). The lowest BCUT2D eigenvalue weighted by atomic mass is 9.69. The van der Waals surface area contributed by atoms with Gasteiger partial charge in [-0.05, 0) is 113 Å². The smallest absolute Gasteiger partial charge is 0.458 e. The fourth-order valence-electron chi connectivity index (χ4n) is 4.35. The topological polar surface area (TPSA) is 102 Å². The van der Waals surface area contributed by atoms with Gasteiger partial charge in [0.15, 0.2) is 0 Å². The summed E-state index contributed by atoms with van der Waals surface area (Å²) in [6.07, 6.45) is -0.587. The number of carbonyl (C=O) groups is 2. The van der Waals surface area contributed by atoms with E-state index in [4.69, 9.17) is 28.1 Å². The molecule has 2 heterocycles. The van der Waals surface area contributed by atoms with Crippen molar-refractivity contribution in [3.63, 3.8) is 0 Å². The van der Waals surface area contributed by atoms with Crippen molar-refractivity contribution in [2.45, 2.75) is 143 Å². The summed E-state index contributed by atoms with van der Waals surface area (Å²) in [6.45, 7) is 26.6. The van der Waals surface area contributed by atoms with E-state index >= 15 is 0 Å². The molecule has 2 saturated heterocycles. The molecule has 0 saturated carbocycles. The second-order valence-electron chi connectivity index (χ2n) is 15.1. The molecule has 1 N–H and O–H groups in total. The number of nitrogens with one attached hydrogen (secondary N) is 1. The van der Waals surface area contributed by atoms with E-state index in [0.717, 1.165) is 16.5 Å². The lowest BCUT2D eigenvalue weighted by Gasteiger charge is -2.32. The molecule has 0 aromatic heterocycles. The van der Waals surface area contributed by atoms with Gasteiger partial charge in [-0.1, -0.05) is 18.2 Å². The third-order valence-electron chi connectivity index (χ3n) is 8.01. The summed E-state index contributed by atoms with van der Waals surface area (Å²) in [5.41, 5.74) is -1.43. The highest BCUT2D eigenvalue weighted by Gasteiger charge is 2.54. The molecule has 1 amide bonds. The zero-order valence-electron chi connectivity index (χ0n) is 27.4. The van der Waals surface area contributed by atoms with Crippen molar-refractivity contribution in [2.75, 3.05) is 0 Å². The molecule has 2 fully saturated rings. The third kappa shape index (κ3) is 7.86. The van der Waals surface area contributed by atoms with Gasteiger partial charge in [-0.3, -0.25) is 0 Å². The quantitative estimate of drug-likeness (QED) is 0.402. The Morgan fingerprint density at radius 2 is 1.20 bits per heavy atom. The molecule has 0 unspecified atom stereocenters. The molecule has 0 spiro atoms. The summed E-state index contributed by atoms with van der Waals surface area (Å²) in [7, 11) is -1.32. The average Bonchev–Trinajstić information content (AvgIpc) is 3.10. The second kappa shape index (κ2) is 10.9. The van der Waals surface area contributed by atoms with Crippen LogP contribution in [0.25, 0.3) is 0 Å². The maximum atomic E-state index is 13.3. The number of amides is 1. The minimum Gasteiger partial charge on any atom is -0.458 e. The van der Waals surface area contributed by atoms with Crippen LogP contribution in [-0.2, 0) is 39.3 Å². The fraction of sp³-hybridized carbons (Fsp3) is 0.733. The predicted molar refractivity (Wildman–Crippen MR) is 161 cm³/mol. The number of rotatable bonds is 6. The van der Waals surface area contributed by atoms with Gasteiger partial charge in [-0.15, -0.1) is 0 Å². The minimum absolute atomic E-state index is 0.122. The van der Waals surface area contributed by atoms with E-state index < -0.39 is 65.9 Å². The Bertz CT molecular complexity index is 1120. The molecule has 11 heteroatoms. The molecule has 1 aromatic carbocycles. The average molecular weight is 573 g/mol. The van der Waals surface area contributed by atoms with Crippen LogP contribution in [0.5, 0.6) is 0 Å². The fourth-order valence-corrected chi connectivity index (χ4v) is 4.35. The van der Waals surface area contributed by atoms with Crippen molar-refractivity contribution in [3.8, 4) is 0 Å². The van der Waals surface area contributed by atoms with Crippen molar-refractivity contribution < 1.29 is 37.7 Å². The van der Waals surface area contributed by atoms with Crippen LogP contribution >= 0.6 is 0 Å². The van der Waals surface area contributed by atoms with Crippen molar-refractivity contribution >= 4 is 37.2 Å². The summed E-state index contributed by atoms with van der Waals surface area (Å²) in [6, 6.07) is 4.73. The Hall–Kier alpha value is -2.07. The van der Waals surface area contributed by atoms with Crippen LogP contribution in [0.15, 0.2) is 18.2 Å². The maximum absolute atomic E-state index is 13.3. The molecule has 228 valence electrons.